The van der Waals surface area contributed by atoms with E-state index < -0.39 is 11.9 Å². The quantitative estimate of drug-likeness (QED) is 0.648. The number of phenolic OH excluding ortho intramolecular Hbond substituents is 1. The van der Waals surface area contributed by atoms with E-state index in [2.05, 4.69) is 0 Å². The van der Waals surface area contributed by atoms with Gasteiger partial charge in [0.25, 0.3) is 0 Å². The van der Waals surface area contributed by atoms with Gasteiger partial charge in [0.15, 0.2) is 0 Å². The summed E-state index contributed by atoms with van der Waals surface area (Å²) in [5.41, 5.74) is 0.166. The van der Waals surface area contributed by atoms with Gasteiger partial charge >= 0.3 is 11.9 Å². The van der Waals surface area contributed by atoms with Crippen LogP contribution >= 0.6 is 12.4 Å². The average molecular weight is 325 g/mol. The fourth-order valence-corrected chi connectivity index (χ4v) is 1.97. The number of aromatic carboxylic acids is 1. The number of carboxylic acids is 1. The third kappa shape index (κ3) is 3.89. The molecule has 0 saturated heterocycles. The highest BCUT2D eigenvalue weighted by Gasteiger charge is 2.14. The molecule has 0 aliphatic heterocycles. The maximum atomic E-state index is 11.9. The van der Waals surface area contributed by atoms with Crippen molar-refractivity contribution in [2.45, 2.75) is 19.8 Å². The summed E-state index contributed by atoms with van der Waals surface area (Å²) < 4.78 is 5.06. The van der Waals surface area contributed by atoms with E-state index in [1.54, 1.807) is 6.07 Å². The molecule has 0 saturated carbocycles. The normalized spacial score (nSPS) is 10.0. The van der Waals surface area contributed by atoms with Crippen LogP contribution in [0.1, 0.15) is 40.5 Å². The Labute approximate surface area is 133 Å². The molecule has 0 radical (unpaired) electrons. The molecule has 0 aliphatic carbocycles. The number of rotatable bonds is 5. The van der Waals surface area contributed by atoms with Gasteiger partial charge in [0.2, 0.25) is 0 Å². The van der Waals surface area contributed by atoms with E-state index in [9.17, 15) is 14.7 Å². The minimum Gasteiger partial charge on any atom is -0.507 e. The molecule has 0 atom stereocenters. The zero-order chi connectivity index (χ0) is 15.4. The SMILES string of the molecule is CCCCOC(=O)c1cc2cc(C(=O)O)ccc2cc1O.Cl. The molecule has 118 valence electrons. The van der Waals surface area contributed by atoms with Gasteiger partial charge in [0, 0.05) is 0 Å². The molecule has 0 aromatic heterocycles. The predicted molar refractivity (Wildman–Crippen MR) is 85.0 cm³/mol. The number of carboxylic acid groups (broad SMARTS) is 1. The van der Waals surface area contributed by atoms with Crippen LogP contribution in [0.5, 0.6) is 5.75 Å². The summed E-state index contributed by atoms with van der Waals surface area (Å²) in [6, 6.07) is 7.37. The first-order valence-corrected chi connectivity index (χ1v) is 6.70. The van der Waals surface area contributed by atoms with Crippen molar-refractivity contribution in [1.82, 2.24) is 0 Å². The molecule has 2 aromatic carbocycles. The molecule has 2 rings (SSSR count). The van der Waals surface area contributed by atoms with Crippen molar-refractivity contribution in [2.75, 3.05) is 6.61 Å². The van der Waals surface area contributed by atoms with Crippen molar-refractivity contribution in [2.24, 2.45) is 0 Å². The van der Waals surface area contributed by atoms with Gasteiger partial charge in [-0.05, 0) is 41.5 Å². The Hall–Kier alpha value is -2.27. The van der Waals surface area contributed by atoms with E-state index in [1.807, 2.05) is 6.92 Å². The lowest BCUT2D eigenvalue weighted by molar-refractivity contribution is 0.0496. The van der Waals surface area contributed by atoms with E-state index in [0.29, 0.717) is 17.4 Å². The van der Waals surface area contributed by atoms with Crippen LogP contribution in [0.4, 0.5) is 0 Å². The van der Waals surface area contributed by atoms with E-state index in [1.165, 1.54) is 24.3 Å². The smallest absolute Gasteiger partial charge is 0.341 e. The summed E-state index contributed by atoms with van der Waals surface area (Å²) in [6.07, 6.45) is 1.65. The average Bonchev–Trinajstić information content (AvgIpc) is 2.46. The molecule has 22 heavy (non-hydrogen) atoms. The van der Waals surface area contributed by atoms with Gasteiger partial charge in [0.05, 0.1) is 12.2 Å². The van der Waals surface area contributed by atoms with E-state index >= 15 is 0 Å². The topological polar surface area (TPSA) is 83.8 Å². The zero-order valence-corrected chi connectivity index (χ0v) is 12.9. The number of hydrogen-bond donors (Lipinski definition) is 2. The number of unbranched alkanes of at least 4 members (excludes halogenated alkanes) is 1. The van der Waals surface area contributed by atoms with Crippen molar-refractivity contribution < 1.29 is 24.5 Å². The van der Waals surface area contributed by atoms with Gasteiger partial charge in [-0.25, -0.2) is 9.59 Å². The van der Waals surface area contributed by atoms with Crippen molar-refractivity contribution in [3.63, 3.8) is 0 Å². The lowest BCUT2D eigenvalue weighted by Crippen LogP contribution is -2.06. The summed E-state index contributed by atoms with van der Waals surface area (Å²) in [4.78, 5) is 22.9. The monoisotopic (exact) mass is 324 g/mol. The molecule has 5 nitrogen and oxygen atoms in total. The van der Waals surface area contributed by atoms with Crippen LogP contribution in [0.25, 0.3) is 10.8 Å². The third-order valence-corrected chi connectivity index (χ3v) is 3.15. The van der Waals surface area contributed by atoms with Crippen LogP contribution in [-0.4, -0.2) is 28.8 Å². The standard InChI is InChI=1S/C16H16O5.ClH/c1-2-3-6-21-16(20)13-8-12-7-11(15(18)19)5-4-10(12)9-14(13)17;/h4-5,7-9,17H,2-3,6H2,1H3,(H,18,19);1H. The van der Waals surface area contributed by atoms with Crippen molar-refractivity contribution in [3.05, 3.63) is 41.5 Å². The van der Waals surface area contributed by atoms with Crippen LogP contribution in [0, 0.1) is 0 Å². The van der Waals surface area contributed by atoms with Gasteiger partial charge in [-0.2, -0.15) is 0 Å². The van der Waals surface area contributed by atoms with Crippen LogP contribution in [0.2, 0.25) is 0 Å². The Balaban J connectivity index is 0.00000242. The second kappa shape index (κ2) is 7.66. The highest BCUT2D eigenvalue weighted by atomic mass is 35.5. The summed E-state index contributed by atoms with van der Waals surface area (Å²) in [5.74, 6) is -1.83. The lowest BCUT2D eigenvalue weighted by atomic mass is 10.0. The molecule has 0 amide bonds. The first-order chi connectivity index (χ1) is 10.0. The Bertz CT molecular complexity index is 696. The second-order valence-electron chi connectivity index (χ2n) is 4.73. The van der Waals surface area contributed by atoms with Gasteiger partial charge in [-0.1, -0.05) is 19.4 Å². The Morgan fingerprint density at radius 3 is 2.50 bits per heavy atom. The summed E-state index contributed by atoms with van der Waals surface area (Å²) in [7, 11) is 0. The number of phenols is 1. The van der Waals surface area contributed by atoms with Crippen LogP contribution in [0.3, 0.4) is 0 Å². The maximum absolute atomic E-state index is 11.9. The van der Waals surface area contributed by atoms with E-state index in [0.717, 1.165) is 12.8 Å². The Kier molecular flexibility index (Phi) is 6.19. The van der Waals surface area contributed by atoms with Gasteiger partial charge < -0.3 is 14.9 Å². The van der Waals surface area contributed by atoms with Gasteiger partial charge in [-0.3, -0.25) is 0 Å². The Morgan fingerprint density at radius 2 is 1.86 bits per heavy atom. The van der Waals surface area contributed by atoms with Crippen LogP contribution < -0.4 is 0 Å². The number of benzene rings is 2. The molecular formula is C16H17ClO5. The van der Waals surface area contributed by atoms with Crippen molar-refractivity contribution >= 4 is 35.1 Å². The first kappa shape index (κ1) is 17.8. The molecule has 2 N–H and O–H groups in total. The molecule has 0 spiro atoms. The van der Waals surface area contributed by atoms with Crippen LogP contribution in [-0.2, 0) is 4.74 Å². The molecule has 0 heterocycles. The summed E-state index contributed by atoms with van der Waals surface area (Å²) in [6.45, 7) is 2.27. The number of ether oxygens (including phenoxy) is 1. The summed E-state index contributed by atoms with van der Waals surface area (Å²) in [5, 5.41) is 20.1. The molecule has 0 bridgehead atoms. The number of halogens is 1. The minimum absolute atomic E-state index is 0. The molecule has 0 unspecified atom stereocenters. The van der Waals surface area contributed by atoms with Gasteiger partial charge in [0.1, 0.15) is 11.3 Å². The van der Waals surface area contributed by atoms with E-state index in [4.69, 9.17) is 9.84 Å². The lowest BCUT2D eigenvalue weighted by Gasteiger charge is -2.08. The largest absolute Gasteiger partial charge is 0.507 e. The minimum atomic E-state index is -1.04. The fourth-order valence-electron chi connectivity index (χ4n) is 1.97. The summed E-state index contributed by atoms with van der Waals surface area (Å²) >= 11 is 0. The predicted octanol–water partition coefficient (Wildman–Crippen LogP) is 3.62. The van der Waals surface area contributed by atoms with Crippen LogP contribution in [0.15, 0.2) is 30.3 Å². The highest BCUT2D eigenvalue weighted by Crippen LogP contribution is 2.26. The molecule has 0 fully saturated rings. The van der Waals surface area contributed by atoms with E-state index in [-0.39, 0.29) is 29.3 Å². The number of aromatic hydroxyl groups is 1. The molecule has 0 aliphatic rings. The fraction of sp³-hybridized carbons (Fsp3) is 0.250. The van der Waals surface area contributed by atoms with Crippen molar-refractivity contribution in [1.29, 1.82) is 0 Å². The Morgan fingerprint density at radius 1 is 1.14 bits per heavy atom. The second-order valence-corrected chi connectivity index (χ2v) is 4.73. The van der Waals surface area contributed by atoms with Crippen molar-refractivity contribution in [3.8, 4) is 5.75 Å². The van der Waals surface area contributed by atoms with Gasteiger partial charge in [-0.15, -0.1) is 12.4 Å². The number of hydrogen-bond acceptors (Lipinski definition) is 4. The zero-order valence-electron chi connectivity index (χ0n) is 12.0. The maximum Gasteiger partial charge on any atom is 0.341 e. The number of carbonyl (C=O) groups is 2. The molecular weight excluding hydrogens is 308 g/mol. The first-order valence-electron chi connectivity index (χ1n) is 6.70. The number of carbonyl (C=O) groups excluding carboxylic acids is 1. The molecule has 2 aromatic rings. The molecule has 6 heteroatoms. The number of fused-ring (bicyclic) bond motifs is 1. The number of esters is 1. The highest BCUT2D eigenvalue weighted by molar-refractivity contribution is 6.00. The third-order valence-electron chi connectivity index (χ3n) is 3.15.